The number of nitrogens with zero attached hydrogens (tertiary/aromatic N) is 2. The Morgan fingerprint density at radius 3 is 2.59 bits per heavy atom. The summed E-state index contributed by atoms with van der Waals surface area (Å²) < 4.78 is 23.2. The molecule has 0 aliphatic rings. The highest BCUT2D eigenvalue weighted by Gasteiger charge is 2.18. The number of hydrogen-bond donors (Lipinski definition) is 3. The van der Waals surface area contributed by atoms with Gasteiger partial charge in [0.15, 0.2) is 15.8 Å². The van der Waals surface area contributed by atoms with Crippen LogP contribution in [-0.4, -0.2) is 45.2 Å². The maximum absolute atomic E-state index is 11.6. The molecule has 12 heteroatoms. The summed E-state index contributed by atoms with van der Waals surface area (Å²) in [5.74, 6) is 0.652. The molecule has 160 valence electrons. The molecule has 1 heterocycles. The molecule has 1 aromatic heterocycles. The third-order valence-electron chi connectivity index (χ3n) is 3.64. The standard InChI is InChI=1S/C17H23N5O4S2.HI/c1-3-18-17(21-12-13-5-4-10-27-13)20-9-8-19-15-7-6-14(28(2,25)26)11-16(15)22(23)24;/h4-7,10-11,19H,3,8-9,12H2,1-2H3,(H2,18,20,21);1H. The van der Waals surface area contributed by atoms with Crippen molar-refractivity contribution in [3.8, 4) is 0 Å². The van der Waals surface area contributed by atoms with E-state index < -0.39 is 14.8 Å². The SMILES string of the molecule is CCNC(=NCc1cccs1)NCCNc1ccc(S(C)(=O)=O)cc1[N+](=O)[O-].I. The van der Waals surface area contributed by atoms with Crippen molar-refractivity contribution in [2.75, 3.05) is 31.2 Å². The maximum Gasteiger partial charge on any atom is 0.293 e. The summed E-state index contributed by atoms with van der Waals surface area (Å²) in [5, 5.41) is 22.5. The van der Waals surface area contributed by atoms with E-state index in [0.717, 1.165) is 17.2 Å². The lowest BCUT2D eigenvalue weighted by Gasteiger charge is -2.12. The zero-order valence-electron chi connectivity index (χ0n) is 16.0. The van der Waals surface area contributed by atoms with Gasteiger partial charge in [-0.2, -0.15) is 0 Å². The first-order valence-corrected chi connectivity index (χ1v) is 11.3. The Morgan fingerprint density at radius 1 is 1.24 bits per heavy atom. The van der Waals surface area contributed by atoms with Crippen LogP contribution in [0.15, 0.2) is 45.6 Å². The first kappa shape index (κ1) is 25.1. The topological polar surface area (TPSA) is 126 Å². The lowest BCUT2D eigenvalue weighted by Crippen LogP contribution is -2.39. The zero-order valence-corrected chi connectivity index (χ0v) is 20.0. The lowest BCUT2D eigenvalue weighted by atomic mass is 10.2. The number of aliphatic imine (C=N–C) groups is 1. The number of nitro benzene ring substituents is 1. The first-order valence-electron chi connectivity index (χ1n) is 8.58. The van der Waals surface area contributed by atoms with Gasteiger partial charge in [0.2, 0.25) is 0 Å². The molecule has 29 heavy (non-hydrogen) atoms. The number of halogens is 1. The van der Waals surface area contributed by atoms with Gasteiger partial charge in [-0.3, -0.25) is 10.1 Å². The smallest absolute Gasteiger partial charge is 0.293 e. The number of nitrogens with one attached hydrogen (secondary N) is 3. The number of hydrogen-bond acceptors (Lipinski definition) is 7. The molecule has 0 aliphatic heterocycles. The van der Waals surface area contributed by atoms with Gasteiger partial charge in [0.25, 0.3) is 5.69 Å². The summed E-state index contributed by atoms with van der Waals surface area (Å²) in [7, 11) is -3.51. The number of rotatable bonds is 9. The van der Waals surface area contributed by atoms with Crippen molar-refractivity contribution in [2.24, 2.45) is 4.99 Å². The predicted molar refractivity (Wildman–Crippen MR) is 127 cm³/mol. The number of thiophene rings is 1. The summed E-state index contributed by atoms with van der Waals surface area (Å²) in [4.78, 5) is 16.2. The molecular formula is C17H24IN5O4S2. The van der Waals surface area contributed by atoms with E-state index in [4.69, 9.17) is 0 Å². The summed E-state index contributed by atoms with van der Waals surface area (Å²) in [6.45, 7) is 4.11. The fourth-order valence-corrected chi connectivity index (χ4v) is 3.59. The van der Waals surface area contributed by atoms with Crippen LogP contribution in [0.2, 0.25) is 0 Å². The minimum Gasteiger partial charge on any atom is -0.378 e. The summed E-state index contributed by atoms with van der Waals surface area (Å²) in [5.41, 5.74) is -0.0130. The van der Waals surface area contributed by atoms with Crippen LogP contribution in [0.3, 0.4) is 0 Å². The van der Waals surface area contributed by atoms with E-state index in [0.29, 0.717) is 32.1 Å². The zero-order chi connectivity index (χ0) is 20.6. The van der Waals surface area contributed by atoms with Gasteiger partial charge in [0.1, 0.15) is 5.69 Å². The number of guanidine groups is 1. The van der Waals surface area contributed by atoms with Gasteiger partial charge in [0, 0.05) is 36.8 Å². The van der Waals surface area contributed by atoms with E-state index >= 15 is 0 Å². The Kier molecular flexibility index (Phi) is 10.3. The lowest BCUT2D eigenvalue weighted by molar-refractivity contribution is -0.384. The van der Waals surface area contributed by atoms with Crippen molar-refractivity contribution in [1.82, 2.24) is 10.6 Å². The number of sulfone groups is 1. The molecule has 9 nitrogen and oxygen atoms in total. The van der Waals surface area contributed by atoms with Crippen LogP contribution in [0.25, 0.3) is 0 Å². The average Bonchev–Trinajstić information content (AvgIpc) is 3.15. The number of nitro groups is 1. The number of benzene rings is 1. The molecule has 0 saturated heterocycles. The van der Waals surface area contributed by atoms with Gasteiger partial charge < -0.3 is 16.0 Å². The van der Waals surface area contributed by atoms with Gasteiger partial charge in [-0.1, -0.05) is 6.07 Å². The Hall–Kier alpha value is -1.93. The summed E-state index contributed by atoms with van der Waals surface area (Å²) >= 11 is 1.63. The third kappa shape index (κ3) is 8.14. The molecule has 0 spiro atoms. The molecule has 0 unspecified atom stereocenters. The van der Waals surface area contributed by atoms with Crippen LogP contribution in [0.5, 0.6) is 0 Å². The van der Waals surface area contributed by atoms with Crippen molar-refractivity contribution < 1.29 is 13.3 Å². The fraction of sp³-hybridized carbons (Fsp3) is 0.353. The van der Waals surface area contributed by atoms with Crippen LogP contribution in [0.1, 0.15) is 11.8 Å². The van der Waals surface area contributed by atoms with Crippen molar-refractivity contribution in [1.29, 1.82) is 0 Å². The molecule has 0 aliphatic carbocycles. The molecule has 0 atom stereocenters. The highest BCUT2D eigenvalue weighted by Crippen LogP contribution is 2.27. The second kappa shape index (κ2) is 11.9. The van der Waals surface area contributed by atoms with Crippen LogP contribution in [-0.2, 0) is 16.4 Å². The molecular weight excluding hydrogens is 529 g/mol. The Labute approximate surface area is 191 Å². The van der Waals surface area contributed by atoms with E-state index in [-0.39, 0.29) is 40.2 Å². The minimum atomic E-state index is -3.51. The Morgan fingerprint density at radius 2 is 2.00 bits per heavy atom. The fourth-order valence-electron chi connectivity index (χ4n) is 2.32. The molecule has 2 rings (SSSR count). The van der Waals surface area contributed by atoms with Crippen LogP contribution >= 0.6 is 35.3 Å². The second-order valence-electron chi connectivity index (χ2n) is 5.84. The molecule has 0 radical (unpaired) electrons. The van der Waals surface area contributed by atoms with Gasteiger partial charge >= 0.3 is 0 Å². The van der Waals surface area contributed by atoms with Crippen LogP contribution < -0.4 is 16.0 Å². The van der Waals surface area contributed by atoms with Gasteiger partial charge in [-0.15, -0.1) is 35.3 Å². The third-order valence-corrected chi connectivity index (χ3v) is 5.62. The normalized spacial score (nSPS) is 11.4. The van der Waals surface area contributed by atoms with E-state index in [9.17, 15) is 18.5 Å². The monoisotopic (exact) mass is 553 g/mol. The van der Waals surface area contributed by atoms with E-state index in [1.54, 1.807) is 11.3 Å². The van der Waals surface area contributed by atoms with Gasteiger partial charge in [0.05, 0.1) is 16.4 Å². The van der Waals surface area contributed by atoms with Crippen molar-refractivity contribution in [2.45, 2.75) is 18.4 Å². The Bertz CT molecular complexity index is 933. The molecule has 1 aromatic carbocycles. The molecule has 0 saturated carbocycles. The van der Waals surface area contributed by atoms with E-state index in [1.807, 2.05) is 24.4 Å². The Balaban J connectivity index is 0.00000420. The summed E-state index contributed by atoms with van der Waals surface area (Å²) in [6.07, 6.45) is 1.01. The van der Waals surface area contributed by atoms with Crippen molar-refractivity contribution in [3.63, 3.8) is 0 Å². The van der Waals surface area contributed by atoms with Crippen LogP contribution in [0.4, 0.5) is 11.4 Å². The van der Waals surface area contributed by atoms with Gasteiger partial charge in [-0.25, -0.2) is 13.4 Å². The molecule has 2 aromatic rings. The highest BCUT2D eigenvalue weighted by molar-refractivity contribution is 14.0. The molecule has 0 amide bonds. The summed E-state index contributed by atoms with van der Waals surface area (Å²) in [6, 6.07) is 7.81. The van der Waals surface area contributed by atoms with Crippen molar-refractivity contribution in [3.05, 3.63) is 50.7 Å². The largest absolute Gasteiger partial charge is 0.378 e. The molecule has 0 bridgehead atoms. The molecule has 3 N–H and O–H groups in total. The van der Waals surface area contributed by atoms with E-state index in [1.165, 1.54) is 12.1 Å². The van der Waals surface area contributed by atoms with Gasteiger partial charge in [-0.05, 0) is 30.5 Å². The predicted octanol–water partition coefficient (Wildman–Crippen LogP) is 2.85. The molecule has 0 fully saturated rings. The quantitative estimate of drug-likeness (QED) is 0.109. The van der Waals surface area contributed by atoms with E-state index in [2.05, 4.69) is 20.9 Å². The highest BCUT2D eigenvalue weighted by atomic mass is 127. The minimum absolute atomic E-state index is 0. The maximum atomic E-state index is 11.6. The number of anilines is 1. The van der Waals surface area contributed by atoms with Crippen LogP contribution in [0, 0.1) is 10.1 Å². The average molecular weight is 553 g/mol. The second-order valence-corrected chi connectivity index (χ2v) is 8.88. The van der Waals surface area contributed by atoms with Crippen molar-refractivity contribution >= 4 is 62.5 Å². The first-order chi connectivity index (χ1) is 13.3.